The molecule has 0 fully saturated rings. The van der Waals surface area contributed by atoms with Crippen molar-refractivity contribution in [1.29, 1.82) is 0 Å². The maximum absolute atomic E-state index is 13.3. The van der Waals surface area contributed by atoms with Gasteiger partial charge >= 0.3 is 12.1 Å². The first-order valence-corrected chi connectivity index (χ1v) is 5.88. The number of rotatable bonds is 1. The fourth-order valence-electron chi connectivity index (χ4n) is 1.80. The fraction of sp³-hybridized carbons (Fsp3) is 0.500. The van der Waals surface area contributed by atoms with E-state index in [2.05, 4.69) is 20.9 Å². The highest BCUT2D eigenvalue weighted by Crippen LogP contribution is 2.47. The number of allylic oxidation sites excluding steroid dienone is 3. The van der Waals surface area contributed by atoms with E-state index in [9.17, 15) is 27.1 Å². The molecule has 2 aliphatic rings. The minimum Gasteiger partial charge on any atom is -0.363 e. The van der Waals surface area contributed by atoms with Crippen molar-refractivity contribution in [3.63, 3.8) is 0 Å². The summed E-state index contributed by atoms with van der Waals surface area (Å²) in [6.07, 6.45) is -3.16. The van der Waals surface area contributed by atoms with E-state index in [0.29, 0.717) is 10.2 Å². The van der Waals surface area contributed by atoms with Crippen LogP contribution in [-0.4, -0.2) is 40.2 Å². The topological polar surface area (TPSA) is 35.8 Å². The maximum Gasteiger partial charge on any atom is 0.458 e. The molecule has 0 amide bonds. The Kier molecular flexibility index (Phi) is 4.45. The Labute approximate surface area is 129 Å². The summed E-state index contributed by atoms with van der Waals surface area (Å²) in [5.74, 6) is -5.46. The van der Waals surface area contributed by atoms with Crippen LogP contribution in [0.25, 0.3) is 0 Å². The SMILES string of the molecule is Br.CC1=C(Br)C=CC2=NC(O)(C(F)(F)C(F)(F)F)CN21. The number of hydrogen-bond donors (Lipinski definition) is 1. The number of fused-ring (bicyclic) bond motifs is 1. The molecule has 0 saturated carbocycles. The Morgan fingerprint density at radius 2 is 1.85 bits per heavy atom. The monoisotopic (exact) mass is 426 g/mol. The van der Waals surface area contributed by atoms with Gasteiger partial charge in [0.05, 0.1) is 6.54 Å². The molecule has 0 bridgehead atoms. The number of amidine groups is 1. The summed E-state index contributed by atoms with van der Waals surface area (Å²) in [7, 11) is 0. The summed E-state index contributed by atoms with van der Waals surface area (Å²) >= 11 is 3.12. The summed E-state index contributed by atoms with van der Waals surface area (Å²) in [5, 5.41) is 9.62. The van der Waals surface area contributed by atoms with Crippen molar-refractivity contribution in [2.24, 2.45) is 4.99 Å². The Hall–Kier alpha value is -0.480. The van der Waals surface area contributed by atoms with Gasteiger partial charge in [-0.05, 0) is 35.0 Å². The Bertz CT molecular complexity index is 514. The van der Waals surface area contributed by atoms with Gasteiger partial charge in [0, 0.05) is 10.2 Å². The lowest BCUT2D eigenvalue weighted by Gasteiger charge is -2.32. The fourth-order valence-corrected chi connectivity index (χ4v) is 2.14. The van der Waals surface area contributed by atoms with E-state index in [-0.39, 0.29) is 22.8 Å². The molecule has 10 heteroatoms. The Morgan fingerprint density at radius 1 is 1.30 bits per heavy atom. The zero-order chi connectivity index (χ0) is 14.6. The van der Waals surface area contributed by atoms with Crippen LogP contribution >= 0.6 is 32.9 Å². The normalized spacial score (nSPS) is 26.4. The summed E-state index contributed by atoms with van der Waals surface area (Å²) in [4.78, 5) is 4.25. The second-order valence-corrected chi connectivity index (χ2v) is 5.07. The smallest absolute Gasteiger partial charge is 0.363 e. The van der Waals surface area contributed by atoms with E-state index >= 15 is 0 Å². The molecular weight excluding hydrogens is 419 g/mol. The number of nitrogens with zero attached hydrogens (tertiary/aromatic N) is 2. The van der Waals surface area contributed by atoms with Gasteiger partial charge < -0.3 is 10.0 Å². The van der Waals surface area contributed by atoms with Crippen molar-refractivity contribution in [3.8, 4) is 0 Å². The first kappa shape index (κ1) is 17.6. The zero-order valence-corrected chi connectivity index (χ0v) is 13.2. The standard InChI is InChI=1S/C10H8BrF5N2O.BrH/c1-5-6(11)2-3-7-17-8(19,4-18(5)7)9(12,13)10(14,15)16;/h2-3,19H,4H2,1H3;1H. The molecular formula is C10H9Br2F5N2O. The maximum atomic E-state index is 13.3. The van der Waals surface area contributed by atoms with Crippen LogP contribution in [0, 0.1) is 0 Å². The number of alkyl halides is 5. The summed E-state index contributed by atoms with van der Waals surface area (Å²) < 4.78 is 64.2. The molecule has 3 nitrogen and oxygen atoms in total. The van der Waals surface area contributed by atoms with Gasteiger partial charge in [-0.3, -0.25) is 0 Å². The molecule has 20 heavy (non-hydrogen) atoms. The third-order valence-corrected chi connectivity index (χ3v) is 3.78. The highest BCUT2D eigenvalue weighted by Gasteiger charge is 2.72. The van der Waals surface area contributed by atoms with Crippen molar-refractivity contribution in [3.05, 3.63) is 22.3 Å². The Morgan fingerprint density at radius 3 is 2.35 bits per heavy atom. The molecule has 0 aromatic heterocycles. The number of hydrogen-bond acceptors (Lipinski definition) is 3. The number of aliphatic imine (C=N–C) groups is 1. The van der Waals surface area contributed by atoms with Crippen LogP contribution in [0.2, 0.25) is 0 Å². The molecule has 0 saturated heterocycles. The summed E-state index contributed by atoms with van der Waals surface area (Å²) in [6.45, 7) is 0.556. The van der Waals surface area contributed by atoms with Crippen molar-refractivity contribution in [1.82, 2.24) is 4.90 Å². The largest absolute Gasteiger partial charge is 0.458 e. The van der Waals surface area contributed by atoms with Crippen LogP contribution in [0.15, 0.2) is 27.3 Å². The van der Waals surface area contributed by atoms with E-state index in [1.807, 2.05) is 0 Å². The Balaban J connectivity index is 0.00000200. The van der Waals surface area contributed by atoms with Crippen molar-refractivity contribution >= 4 is 38.7 Å². The van der Waals surface area contributed by atoms with Crippen molar-refractivity contribution < 1.29 is 27.1 Å². The molecule has 0 radical (unpaired) electrons. The van der Waals surface area contributed by atoms with Crippen LogP contribution in [-0.2, 0) is 0 Å². The van der Waals surface area contributed by atoms with E-state index in [0.717, 1.165) is 4.90 Å². The molecule has 0 spiro atoms. The van der Waals surface area contributed by atoms with E-state index in [1.54, 1.807) is 0 Å². The van der Waals surface area contributed by atoms with E-state index < -0.39 is 24.4 Å². The third kappa shape index (κ3) is 2.41. The average Bonchev–Trinajstić information content (AvgIpc) is 2.62. The first-order valence-electron chi connectivity index (χ1n) is 5.08. The molecule has 114 valence electrons. The van der Waals surface area contributed by atoms with Crippen LogP contribution in [0.3, 0.4) is 0 Å². The molecule has 2 heterocycles. The molecule has 2 rings (SSSR count). The number of aliphatic hydroxyl groups is 1. The molecule has 1 N–H and O–H groups in total. The highest BCUT2D eigenvalue weighted by molar-refractivity contribution is 9.11. The lowest BCUT2D eigenvalue weighted by Crippen LogP contribution is -2.58. The highest BCUT2D eigenvalue weighted by atomic mass is 79.9. The predicted molar refractivity (Wildman–Crippen MR) is 71.2 cm³/mol. The molecule has 1 unspecified atom stereocenters. The minimum absolute atomic E-state index is 0. The predicted octanol–water partition coefficient (Wildman–Crippen LogP) is 3.36. The molecule has 1 atom stereocenters. The minimum atomic E-state index is -5.88. The van der Waals surface area contributed by atoms with Crippen LogP contribution in [0.5, 0.6) is 0 Å². The lowest BCUT2D eigenvalue weighted by molar-refractivity contribution is -0.338. The second-order valence-electron chi connectivity index (χ2n) is 4.21. The quantitative estimate of drug-likeness (QED) is 0.651. The van der Waals surface area contributed by atoms with Gasteiger partial charge in [-0.15, -0.1) is 17.0 Å². The summed E-state index contributed by atoms with van der Waals surface area (Å²) in [6, 6.07) is 0. The lowest BCUT2D eigenvalue weighted by atomic mass is 10.1. The van der Waals surface area contributed by atoms with Gasteiger partial charge in [0.2, 0.25) is 5.72 Å². The molecule has 0 aromatic carbocycles. The van der Waals surface area contributed by atoms with E-state index in [4.69, 9.17) is 0 Å². The van der Waals surface area contributed by atoms with Gasteiger partial charge in [0.15, 0.2) is 0 Å². The number of halogens is 7. The van der Waals surface area contributed by atoms with Crippen LogP contribution in [0.4, 0.5) is 22.0 Å². The molecule has 2 aliphatic heterocycles. The van der Waals surface area contributed by atoms with Gasteiger partial charge in [0.25, 0.3) is 0 Å². The summed E-state index contributed by atoms with van der Waals surface area (Å²) in [5.41, 5.74) is -3.13. The van der Waals surface area contributed by atoms with Crippen molar-refractivity contribution in [2.75, 3.05) is 6.54 Å². The molecule has 0 aliphatic carbocycles. The van der Waals surface area contributed by atoms with Crippen molar-refractivity contribution in [2.45, 2.75) is 24.7 Å². The van der Waals surface area contributed by atoms with E-state index in [1.165, 1.54) is 19.1 Å². The van der Waals surface area contributed by atoms with Gasteiger partial charge in [-0.1, -0.05) is 0 Å². The zero-order valence-electron chi connectivity index (χ0n) is 9.88. The van der Waals surface area contributed by atoms with Crippen LogP contribution < -0.4 is 0 Å². The van der Waals surface area contributed by atoms with Gasteiger partial charge in [-0.25, -0.2) is 4.99 Å². The average molecular weight is 428 g/mol. The second kappa shape index (κ2) is 5.06. The van der Waals surface area contributed by atoms with Crippen LogP contribution in [0.1, 0.15) is 6.92 Å². The van der Waals surface area contributed by atoms with Gasteiger partial charge in [-0.2, -0.15) is 22.0 Å². The molecule has 0 aromatic rings. The first-order chi connectivity index (χ1) is 8.49. The third-order valence-electron chi connectivity index (χ3n) is 2.94. The van der Waals surface area contributed by atoms with Gasteiger partial charge in [0.1, 0.15) is 5.84 Å².